The van der Waals surface area contributed by atoms with Gasteiger partial charge in [-0.25, -0.2) is 15.4 Å². The molecule has 1 saturated heterocycles. The van der Waals surface area contributed by atoms with Gasteiger partial charge in [-0.15, -0.1) is 0 Å². The fourth-order valence-electron chi connectivity index (χ4n) is 1.95. The van der Waals surface area contributed by atoms with Crippen LogP contribution in [0.15, 0.2) is 6.33 Å². The van der Waals surface area contributed by atoms with Gasteiger partial charge in [0.05, 0.1) is 18.8 Å². The number of hydrogen-bond acceptors (Lipinski definition) is 6. The Kier molecular flexibility index (Phi) is 2.82. The second-order valence-corrected chi connectivity index (χ2v) is 4.94. The van der Waals surface area contributed by atoms with Crippen molar-refractivity contribution >= 4 is 34.2 Å². The predicted octanol–water partition coefficient (Wildman–Crippen LogP) is 0.677. The van der Waals surface area contributed by atoms with Gasteiger partial charge in [0.15, 0.2) is 5.82 Å². The number of hydrazine groups is 1. The third kappa shape index (κ3) is 1.72. The van der Waals surface area contributed by atoms with Crippen LogP contribution in [0.25, 0.3) is 0 Å². The van der Waals surface area contributed by atoms with Gasteiger partial charge in [0, 0.05) is 13.1 Å². The summed E-state index contributed by atoms with van der Waals surface area (Å²) >= 11 is 2.33. The number of halogens is 1. The Labute approximate surface area is 107 Å². The minimum Gasteiger partial charge on any atom is -0.378 e. The van der Waals surface area contributed by atoms with Crippen LogP contribution in [0.2, 0.25) is 0 Å². The average molecular weight is 333 g/mol. The quantitative estimate of drug-likeness (QED) is 0.448. The highest BCUT2D eigenvalue weighted by Gasteiger charge is 2.28. The summed E-state index contributed by atoms with van der Waals surface area (Å²) in [6, 6.07) is 0. The standard InChI is InChI=1S/C9H12IN5O/c10-7-6-8(14-13-7)11-5-12-9(6)15-1-3-16-4-2-15/h5,7,13H,1-4H2,(H,11,12,14). The van der Waals surface area contributed by atoms with Crippen molar-refractivity contribution in [3.8, 4) is 0 Å². The molecule has 1 aromatic heterocycles. The fraction of sp³-hybridized carbons (Fsp3) is 0.556. The molecule has 1 unspecified atom stereocenters. The van der Waals surface area contributed by atoms with Crippen molar-refractivity contribution in [2.45, 2.75) is 4.05 Å². The van der Waals surface area contributed by atoms with Gasteiger partial charge < -0.3 is 15.1 Å². The number of morpholine rings is 1. The molecule has 0 aliphatic carbocycles. The van der Waals surface area contributed by atoms with E-state index >= 15 is 0 Å². The largest absolute Gasteiger partial charge is 0.378 e. The second kappa shape index (κ2) is 4.30. The van der Waals surface area contributed by atoms with Gasteiger partial charge >= 0.3 is 0 Å². The Morgan fingerprint density at radius 1 is 1.38 bits per heavy atom. The predicted molar refractivity (Wildman–Crippen MR) is 68.6 cm³/mol. The molecule has 2 aliphatic heterocycles. The van der Waals surface area contributed by atoms with Crippen LogP contribution in [-0.2, 0) is 4.74 Å². The Balaban J connectivity index is 1.97. The molecule has 2 N–H and O–H groups in total. The Morgan fingerprint density at radius 2 is 2.19 bits per heavy atom. The zero-order valence-corrected chi connectivity index (χ0v) is 10.8. The minimum atomic E-state index is 0.214. The molecule has 16 heavy (non-hydrogen) atoms. The summed E-state index contributed by atoms with van der Waals surface area (Å²) in [4.78, 5) is 10.9. The molecule has 3 heterocycles. The molecule has 0 aromatic carbocycles. The molecular weight excluding hydrogens is 321 g/mol. The van der Waals surface area contributed by atoms with Crippen LogP contribution in [0, 0.1) is 0 Å². The van der Waals surface area contributed by atoms with Gasteiger partial charge in [-0.05, 0) is 0 Å². The van der Waals surface area contributed by atoms with Crippen molar-refractivity contribution in [1.29, 1.82) is 0 Å². The summed E-state index contributed by atoms with van der Waals surface area (Å²) in [6.07, 6.45) is 1.60. The van der Waals surface area contributed by atoms with Gasteiger partial charge in [-0.2, -0.15) is 0 Å². The van der Waals surface area contributed by atoms with Gasteiger partial charge in [0.25, 0.3) is 0 Å². The lowest BCUT2D eigenvalue weighted by atomic mass is 10.2. The van der Waals surface area contributed by atoms with E-state index in [0.29, 0.717) is 0 Å². The summed E-state index contributed by atoms with van der Waals surface area (Å²) in [6.45, 7) is 3.33. The van der Waals surface area contributed by atoms with Crippen LogP contribution in [0.4, 0.5) is 11.6 Å². The lowest BCUT2D eigenvalue weighted by Crippen LogP contribution is -2.37. The molecule has 1 fully saturated rings. The van der Waals surface area contributed by atoms with Gasteiger partial charge in [0.2, 0.25) is 0 Å². The van der Waals surface area contributed by atoms with E-state index in [-0.39, 0.29) is 4.05 Å². The van der Waals surface area contributed by atoms with E-state index in [1.165, 1.54) is 0 Å². The Bertz CT molecular complexity index is 395. The Hall–Kier alpha value is -0.670. The van der Waals surface area contributed by atoms with E-state index in [4.69, 9.17) is 4.74 Å². The third-order valence-electron chi connectivity index (χ3n) is 2.74. The van der Waals surface area contributed by atoms with Crippen LogP contribution in [0.1, 0.15) is 9.61 Å². The zero-order chi connectivity index (χ0) is 11.0. The van der Waals surface area contributed by atoms with Gasteiger partial charge in [0.1, 0.15) is 16.2 Å². The van der Waals surface area contributed by atoms with Crippen LogP contribution in [0.5, 0.6) is 0 Å². The number of fused-ring (bicyclic) bond motifs is 1. The van der Waals surface area contributed by atoms with Crippen LogP contribution < -0.4 is 15.8 Å². The molecule has 86 valence electrons. The first-order chi connectivity index (χ1) is 7.86. The van der Waals surface area contributed by atoms with Gasteiger partial charge in [-0.1, -0.05) is 22.6 Å². The number of anilines is 2. The molecule has 0 bridgehead atoms. The van der Waals surface area contributed by atoms with Crippen molar-refractivity contribution in [2.24, 2.45) is 0 Å². The molecule has 3 rings (SSSR count). The van der Waals surface area contributed by atoms with E-state index in [1.54, 1.807) is 6.33 Å². The second-order valence-electron chi connectivity index (χ2n) is 3.69. The molecular formula is C9H12IN5O. The van der Waals surface area contributed by atoms with Crippen molar-refractivity contribution in [2.75, 3.05) is 36.6 Å². The highest BCUT2D eigenvalue weighted by atomic mass is 127. The number of aromatic nitrogens is 2. The summed E-state index contributed by atoms with van der Waals surface area (Å²) in [5, 5.41) is 0. The fourth-order valence-corrected chi connectivity index (χ4v) is 2.68. The van der Waals surface area contributed by atoms with Crippen molar-refractivity contribution in [1.82, 2.24) is 15.4 Å². The van der Waals surface area contributed by atoms with E-state index in [9.17, 15) is 0 Å². The molecule has 1 aromatic rings. The van der Waals surface area contributed by atoms with Crippen molar-refractivity contribution < 1.29 is 4.74 Å². The van der Waals surface area contributed by atoms with E-state index in [2.05, 4.69) is 48.3 Å². The summed E-state index contributed by atoms with van der Waals surface area (Å²) in [5.74, 6) is 1.90. The van der Waals surface area contributed by atoms with E-state index in [0.717, 1.165) is 43.5 Å². The highest BCUT2D eigenvalue weighted by molar-refractivity contribution is 14.1. The number of nitrogens with one attached hydrogen (secondary N) is 2. The zero-order valence-electron chi connectivity index (χ0n) is 8.61. The maximum Gasteiger partial charge on any atom is 0.151 e. The van der Waals surface area contributed by atoms with Crippen LogP contribution in [-0.4, -0.2) is 36.3 Å². The lowest BCUT2D eigenvalue weighted by molar-refractivity contribution is 0.122. The number of nitrogens with zero attached hydrogens (tertiary/aromatic N) is 3. The molecule has 7 heteroatoms. The Morgan fingerprint density at radius 3 is 3.00 bits per heavy atom. The highest BCUT2D eigenvalue weighted by Crippen LogP contribution is 2.37. The van der Waals surface area contributed by atoms with Gasteiger partial charge in [-0.3, -0.25) is 0 Å². The normalized spacial score (nSPS) is 24.1. The molecule has 0 spiro atoms. The van der Waals surface area contributed by atoms with Crippen molar-refractivity contribution in [3.63, 3.8) is 0 Å². The van der Waals surface area contributed by atoms with E-state index in [1.807, 2.05) is 0 Å². The summed E-state index contributed by atoms with van der Waals surface area (Å²) in [7, 11) is 0. The number of rotatable bonds is 1. The summed E-state index contributed by atoms with van der Waals surface area (Å²) < 4.78 is 5.56. The SMILES string of the molecule is IC1NNc2ncnc(N3CCOCC3)c21. The molecule has 1 atom stereocenters. The maximum absolute atomic E-state index is 5.35. The molecule has 6 nitrogen and oxygen atoms in total. The molecule has 0 saturated carbocycles. The topological polar surface area (TPSA) is 62.3 Å². The molecule has 0 radical (unpaired) electrons. The van der Waals surface area contributed by atoms with Crippen LogP contribution in [0.3, 0.4) is 0 Å². The monoisotopic (exact) mass is 333 g/mol. The third-order valence-corrected chi connectivity index (χ3v) is 3.68. The number of hydrogen-bond donors (Lipinski definition) is 2. The first-order valence-corrected chi connectivity index (χ1v) is 6.44. The average Bonchev–Trinajstić information content (AvgIpc) is 2.73. The molecule has 2 aliphatic rings. The first-order valence-electron chi connectivity index (χ1n) is 5.19. The van der Waals surface area contributed by atoms with E-state index < -0.39 is 0 Å². The number of alkyl halides is 1. The minimum absolute atomic E-state index is 0.214. The first kappa shape index (κ1) is 10.5. The number of ether oxygens (including phenoxy) is 1. The molecule has 0 amide bonds. The smallest absolute Gasteiger partial charge is 0.151 e. The summed E-state index contributed by atoms with van der Waals surface area (Å²) in [5.41, 5.74) is 7.35. The maximum atomic E-state index is 5.35. The van der Waals surface area contributed by atoms with Crippen molar-refractivity contribution in [3.05, 3.63) is 11.9 Å². The lowest BCUT2D eigenvalue weighted by Gasteiger charge is -2.29. The van der Waals surface area contributed by atoms with Crippen LogP contribution >= 0.6 is 22.6 Å².